The molecule has 3 aromatic carbocycles. The van der Waals surface area contributed by atoms with Gasteiger partial charge in [-0.25, -0.2) is 0 Å². The van der Waals surface area contributed by atoms with Crippen molar-refractivity contribution in [2.75, 3.05) is 11.4 Å². The van der Waals surface area contributed by atoms with E-state index in [4.69, 9.17) is 5.26 Å². The fourth-order valence-electron chi connectivity index (χ4n) is 3.76. The van der Waals surface area contributed by atoms with E-state index in [0.29, 0.717) is 17.7 Å². The monoisotopic (exact) mass is 395 g/mol. The minimum atomic E-state index is -0.805. The number of carbonyl (C=O) groups is 2. The summed E-state index contributed by atoms with van der Waals surface area (Å²) in [4.78, 5) is 28.3. The number of anilines is 1. The van der Waals surface area contributed by atoms with Crippen LogP contribution in [-0.2, 0) is 11.2 Å². The molecule has 0 saturated heterocycles. The van der Waals surface area contributed by atoms with E-state index in [-0.39, 0.29) is 11.8 Å². The zero-order chi connectivity index (χ0) is 20.9. The predicted molar refractivity (Wildman–Crippen MR) is 115 cm³/mol. The van der Waals surface area contributed by atoms with Gasteiger partial charge in [-0.1, -0.05) is 48.5 Å². The minimum Gasteiger partial charge on any atom is -0.336 e. The van der Waals surface area contributed by atoms with Crippen LogP contribution in [0.1, 0.15) is 39.5 Å². The average Bonchev–Trinajstić information content (AvgIpc) is 2.82. The van der Waals surface area contributed by atoms with Crippen LogP contribution in [0.2, 0.25) is 0 Å². The van der Waals surface area contributed by atoms with Crippen molar-refractivity contribution >= 4 is 17.5 Å². The SMILES string of the molecule is N#Cc1ccc(C(=O)N[C@@H](C(=O)N2CCCc3ccccc32)c2ccccc2)cc1. The summed E-state index contributed by atoms with van der Waals surface area (Å²) < 4.78 is 0. The number of aryl methyl sites for hydroxylation is 1. The maximum atomic E-state index is 13.6. The first-order valence-electron chi connectivity index (χ1n) is 9.92. The molecule has 0 unspecified atom stereocenters. The van der Waals surface area contributed by atoms with Crippen molar-refractivity contribution in [2.24, 2.45) is 0 Å². The summed E-state index contributed by atoms with van der Waals surface area (Å²) in [6.45, 7) is 0.617. The Hall–Kier alpha value is -3.91. The number of carbonyl (C=O) groups excluding carboxylic acids is 2. The van der Waals surface area contributed by atoms with Gasteiger partial charge in [-0.05, 0) is 54.3 Å². The molecule has 0 radical (unpaired) electrons. The second-order valence-corrected chi connectivity index (χ2v) is 7.23. The highest BCUT2D eigenvalue weighted by Gasteiger charge is 2.31. The van der Waals surface area contributed by atoms with Gasteiger partial charge in [-0.2, -0.15) is 5.26 Å². The van der Waals surface area contributed by atoms with Gasteiger partial charge in [0.1, 0.15) is 6.04 Å². The molecular weight excluding hydrogens is 374 g/mol. The van der Waals surface area contributed by atoms with E-state index < -0.39 is 6.04 Å². The van der Waals surface area contributed by atoms with Crippen LogP contribution in [0, 0.1) is 11.3 Å². The molecule has 1 atom stereocenters. The summed E-state index contributed by atoms with van der Waals surface area (Å²) in [5.41, 5.74) is 3.66. The van der Waals surface area contributed by atoms with Gasteiger partial charge in [-0.15, -0.1) is 0 Å². The number of nitriles is 1. The molecule has 0 bridgehead atoms. The standard InChI is InChI=1S/C25H21N3O2/c26-17-18-12-14-21(15-13-18)24(29)27-23(20-8-2-1-3-9-20)25(30)28-16-6-10-19-7-4-5-11-22(19)28/h1-5,7-9,11-15,23H,6,10,16H2,(H,27,29)/t23-/m1/s1. The van der Waals surface area contributed by atoms with Crippen molar-refractivity contribution in [3.63, 3.8) is 0 Å². The molecule has 3 aromatic rings. The average molecular weight is 395 g/mol. The van der Waals surface area contributed by atoms with Gasteiger partial charge in [0.2, 0.25) is 0 Å². The van der Waals surface area contributed by atoms with Gasteiger partial charge in [0, 0.05) is 17.8 Å². The molecule has 0 aromatic heterocycles. The van der Waals surface area contributed by atoms with Crippen molar-refractivity contribution < 1.29 is 9.59 Å². The molecule has 0 spiro atoms. The molecule has 2 amide bonds. The lowest BCUT2D eigenvalue weighted by molar-refractivity contribution is -0.120. The molecule has 0 fully saturated rings. The molecule has 4 rings (SSSR count). The van der Waals surface area contributed by atoms with Crippen molar-refractivity contribution in [3.8, 4) is 6.07 Å². The number of para-hydroxylation sites is 1. The quantitative estimate of drug-likeness (QED) is 0.725. The van der Waals surface area contributed by atoms with E-state index in [0.717, 1.165) is 29.7 Å². The van der Waals surface area contributed by atoms with Crippen LogP contribution < -0.4 is 10.2 Å². The van der Waals surface area contributed by atoms with Crippen LogP contribution in [0.3, 0.4) is 0 Å². The zero-order valence-corrected chi connectivity index (χ0v) is 16.4. The molecule has 0 aliphatic carbocycles. The number of nitrogens with zero attached hydrogens (tertiary/aromatic N) is 2. The third-order valence-corrected chi connectivity index (χ3v) is 5.31. The van der Waals surface area contributed by atoms with Crippen LogP contribution in [0.5, 0.6) is 0 Å². The molecule has 1 N–H and O–H groups in total. The smallest absolute Gasteiger partial charge is 0.254 e. The number of nitrogens with one attached hydrogen (secondary N) is 1. The van der Waals surface area contributed by atoms with Crippen molar-refractivity contribution in [2.45, 2.75) is 18.9 Å². The van der Waals surface area contributed by atoms with Gasteiger partial charge >= 0.3 is 0 Å². The number of hydrogen-bond donors (Lipinski definition) is 1. The molecule has 1 aliphatic heterocycles. The maximum Gasteiger partial charge on any atom is 0.254 e. The topological polar surface area (TPSA) is 73.2 Å². The molecule has 148 valence electrons. The van der Waals surface area contributed by atoms with Crippen LogP contribution in [0.4, 0.5) is 5.69 Å². The highest BCUT2D eigenvalue weighted by molar-refractivity contribution is 6.03. The molecule has 1 aliphatic rings. The van der Waals surface area contributed by atoms with Crippen molar-refractivity contribution in [1.29, 1.82) is 5.26 Å². The Morgan fingerprint density at radius 2 is 1.63 bits per heavy atom. The van der Waals surface area contributed by atoms with Gasteiger partial charge in [-0.3, -0.25) is 9.59 Å². The van der Waals surface area contributed by atoms with E-state index in [2.05, 4.69) is 5.32 Å². The molecule has 5 nitrogen and oxygen atoms in total. The number of amides is 2. The predicted octanol–water partition coefficient (Wildman–Crippen LogP) is 4.01. The Kier molecular flexibility index (Phi) is 5.58. The van der Waals surface area contributed by atoms with Crippen LogP contribution in [-0.4, -0.2) is 18.4 Å². The number of benzene rings is 3. The third-order valence-electron chi connectivity index (χ3n) is 5.31. The van der Waals surface area contributed by atoms with Gasteiger partial charge in [0.15, 0.2) is 0 Å². The number of rotatable bonds is 4. The Labute approximate surface area is 175 Å². The Bertz CT molecular complexity index is 1100. The molecular formula is C25H21N3O2. The molecule has 5 heteroatoms. The second-order valence-electron chi connectivity index (χ2n) is 7.23. The lowest BCUT2D eigenvalue weighted by Crippen LogP contribution is -2.45. The second kappa shape index (κ2) is 8.62. The highest BCUT2D eigenvalue weighted by atomic mass is 16.2. The third kappa shape index (κ3) is 3.94. The fraction of sp³-hybridized carbons (Fsp3) is 0.160. The fourth-order valence-corrected chi connectivity index (χ4v) is 3.76. The first-order valence-corrected chi connectivity index (χ1v) is 9.92. The van der Waals surface area contributed by atoms with E-state index >= 15 is 0 Å². The molecule has 0 saturated carbocycles. The summed E-state index contributed by atoms with van der Waals surface area (Å²) in [5.74, 6) is -0.512. The number of hydrogen-bond acceptors (Lipinski definition) is 3. The Balaban J connectivity index is 1.65. The van der Waals surface area contributed by atoms with Crippen LogP contribution >= 0.6 is 0 Å². The summed E-state index contributed by atoms with van der Waals surface area (Å²) in [7, 11) is 0. The van der Waals surface area contributed by atoms with Crippen LogP contribution in [0.15, 0.2) is 78.9 Å². The summed E-state index contributed by atoms with van der Waals surface area (Å²) >= 11 is 0. The lowest BCUT2D eigenvalue weighted by atomic mass is 9.99. The van der Waals surface area contributed by atoms with Crippen molar-refractivity contribution in [1.82, 2.24) is 5.32 Å². The largest absolute Gasteiger partial charge is 0.336 e. The Morgan fingerprint density at radius 3 is 2.37 bits per heavy atom. The summed E-state index contributed by atoms with van der Waals surface area (Å²) in [5, 5.41) is 11.9. The summed E-state index contributed by atoms with van der Waals surface area (Å²) in [6.07, 6.45) is 1.82. The van der Waals surface area contributed by atoms with Gasteiger partial charge in [0.25, 0.3) is 11.8 Å². The van der Waals surface area contributed by atoms with E-state index in [9.17, 15) is 9.59 Å². The van der Waals surface area contributed by atoms with Gasteiger partial charge < -0.3 is 10.2 Å². The van der Waals surface area contributed by atoms with E-state index in [1.807, 2.05) is 60.7 Å². The minimum absolute atomic E-state index is 0.157. The van der Waals surface area contributed by atoms with Crippen molar-refractivity contribution in [3.05, 3.63) is 101 Å². The van der Waals surface area contributed by atoms with Gasteiger partial charge in [0.05, 0.1) is 11.6 Å². The molecule has 30 heavy (non-hydrogen) atoms. The van der Waals surface area contributed by atoms with E-state index in [1.54, 1.807) is 29.2 Å². The molecule has 1 heterocycles. The zero-order valence-electron chi connectivity index (χ0n) is 16.4. The number of fused-ring (bicyclic) bond motifs is 1. The first kappa shape index (κ1) is 19.4. The van der Waals surface area contributed by atoms with E-state index in [1.165, 1.54) is 0 Å². The van der Waals surface area contributed by atoms with Crippen LogP contribution in [0.25, 0.3) is 0 Å². The highest BCUT2D eigenvalue weighted by Crippen LogP contribution is 2.29. The maximum absolute atomic E-state index is 13.6. The lowest BCUT2D eigenvalue weighted by Gasteiger charge is -2.32. The first-order chi connectivity index (χ1) is 14.7. The Morgan fingerprint density at radius 1 is 0.933 bits per heavy atom. The normalized spacial score (nSPS) is 13.6. The summed E-state index contributed by atoms with van der Waals surface area (Å²) in [6, 6.07) is 24.8.